The Kier molecular flexibility index (Phi) is 10.7. The second-order valence-electron chi connectivity index (χ2n) is 8.49. The largest absolute Gasteiger partial charge is 0.481 e. The first-order chi connectivity index (χ1) is 15.3. The Bertz CT molecular complexity index is 772. The van der Waals surface area contributed by atoms with Gasteiger partial charge in [-0.3, -0.25) is 24.0 Å². The van der Waals surface area contributed by atoms with Crippen molar-refractivity contribution in [3.8, 4) is 0 Å². The van der Waals surface area contributed by atoms with E-state index in [1.807, 2.05) is 0 Å². The molecule has 1 aliphatic rings. The average molecular weight is 472 g/mol. The van der Waals surface area contributed by atoms with E-state index in [2.05, 4.69) is 10.6 Å². The van der Waals surface area contributed by atoms with Crippen molar-refractivity contribution < 1.29 is 39.0 Å². The number of hydrogen-bond donors (Lipinski definition) is 6. The lowest BCUT2D eigenvalue weighted by Gasteiger charge is -2.28. The summed E-state index contributed by atoms with van der Waals surface area (Å²) in [7, 11) is 0. The molecule has 33 heavy (non-hydrogen) atoms. The Labute approximate surface area is 191 Å². The maximum absolute atomic E-state index is 12.9. The molecule has 4 amide bonds. The van der Waals surface area contributed by atoms with Crippen LogP contribution in [0.3, 0.4) is 0 Å². The Morgan fingerprint density at radius 1 is 1.03 bits per heavy atom. The van der Waals surface area contributed by atoms with Gasteiger partial charge >= 0.3 is 11.9 Å². The van der Waals surface area contributed by atoms with E-state index in [1.54, 1.807) is 13.8 Å². The summed E-state index contributed by atoms with van der Waals surface area (Å²) in [6.45, 7) is 3.71. The highest BCUT2D eigenvalue weighted by atomic mass is 16.4. The van der Waals surface area contributed by atoms with Gasteiger partial charge in [0.05, 0.1) is 12.5 Å². The summed E-state index contributed by atoms with van der Waals surface area (Å²) < 4.78 is 0. The molecule has 0 saturated carbocycles. The number of likely N-dealkylation sites (tertiary alicyclic amines) is 1. The van der Waals surface area contributed by atoms with Gasteiger partial charge in [-0.15, -0.1) is 0 Å². The summed E-state index contributed by atoms with van der Waals surface area (Å²) in [5.74, 6) is -5.59. The van der Waals surface area contributed by atoms with Gasteiger partial charge in [-0.05, 0) is 31.6 Å². The van der Waals surface area contributed by atoms with Crippen LogP contribution in [-0.4, -0.2) is 81.4 Å². The van der Waals surface area contributed by atoms with Crippen LogP contribution in [0, 0.1) is 5.92 Å². The fraction of sp³-hybridized carbons (Fsp3) is 0.700. The summed E-state index contributed by atoms with van der Waals surface area (Å²) in [6, 6.07) is -4.84. The molecule has 1 fully saturated rings. The van der Waals surface area contributed by atoms with E-state index in [-0.39, 0.29) is 38.1 Å². The minimum Gasteiger partial charge on any atom is -0.481 e. The summed E-state index contributed by atoms with van der Waals surface area (Å²) in [6.07, 6.45) is -0.0760. The quantitative estimate of drug-likeness (QED) is 0.177. The van der Waals surface area contributed by atoms with Crippen molar-refractivity contribution in [2.24, 2.45) is 17.4 Å². The van der Waals surface area contributed by atoms with Crippen LogP contribution >= 0.6 is 0 Å². The number of carboxylic acids is 2. The normalized spacial score (nSPS) is 18.3. The zero-order valence-corrected chi connectivity index (χ0v) is 18.8. The van der Waals surface area contributed by atoms with Gasteiger partial charge in [0.1, 0.15) is 18.1 Å². The highest BCUT2D eigenvalue weighted by molar-refractivity contribution is 5.95. The predicted octanol–water partition coefficient (Wildman–Crippen LogP) is -1.85. The molecule has 0 radical (unpaired) electrons. The lowest BCUT2D eigenvalue weighted by molar-refractivity contribution is -0.150. The van der Waals surface area contributed by atoms with Gasteiger partial charge in [0.15, 0.2) is 0 Å². The van der Waals surface area contributed by atoms with Gasteiger partial charge in [0.2, 0.25) is 23.6 Å². The highest BCUT2D eigenvalue weighted by Crippen LogP contribution is 2.19. The van der Waals surface area contributed by atoms with Gasteiger partial charge in [-0.2, -0.15) is 0 Å². The number of nitrogens with two attached hydrogens (primary N) is 2. The molecular formula is C20H33N5O8. The standard InChI is InChI=1S/C20H33N5O8/c1-10(2)8-12(23-17(29)11(21)5-6-15(22)26)18(30)24-13(9-16(27)28)19(31)25-7-3-4-14(25)20(32)33/h10-14H,3-9,21H2,1-2H3,(H2,22,26)(H,23,29)(H,24,30)(H,27,28)(H,32,33). The van der Waals surface area contributed by atoms with E-state index in [0.29, 0.717) is 6.42 Å². The number of amides is 4. The predicted molar refractivity (Wildman–Crippen MR) is 114 cm³/mol. The molecule has 8 N–H and O–H groups in total. The second kappa shape index (κ2) is 12.7. The Morgan fingerprint density at radius 3 is 2.15 bits per heavy atom. The molecule has 0 aliphatic carbocycles. The second-order valence-corrected chi connectivity index (χ2v) is 8.49. The number of aliphatic carboxylic acids is 2. The fourth-order valence-corrected chi connectivity index (χ4v) is 3.54. The first-order valence-corrected chi connectivity index (χ1v) is 10.7. The van der Waals surface area contributed by atoms with E-state index in [9.17, 15) is 39.0 Å². The van der Waals surface area contributed by atoms with Crippen LogP contribution < -0.4 is 22.1 Å². The van der Waals surface area contributed by atoms with Crippen molar-refractivity contribution in [3.05, 3.63) is 0 Å². The van der Waals surface area contributed by atoms with Crippen LogP contribution in [0.5, 0.6) is 0 Å². The lowest BCUT2D eigenvalue weighted by Crippen LogP contribution is -2.57. The third kappa shape index (κ3) is 9.04. The average Bonchev–Trinajstić information content (AvgIpc) is 3.19. The maximum atomic E-state index is 12.9. The topological polar surface area (TPSA) is 222 Å². The number of hydrogen-bond acceptors (Lipinski definition) is 7. The van der Waals surface area contributed by atoms with Crippen molar-refractivity contribution in [2.45, 2.75) is 76.5 Å². The zero-order valence-electron chi connectivity index (χ0n) is 18.8. The van der Waals surface area contributed by atoms with Gasteiger partial charge < -0.3 is 37.2 Å². The SMILES string of the molecule is CC(C)CC(NC(=O)C(N)CCC(N)=O)C(=O)NC(CC(=O)O)C(=O)N1CCCC1C(=O)O. The van der Waals surface area contributed by atoms with Gasteiger partial charge in [0, 0.05) is 13.0 Å². The first kappa shape index (κ1) is 27.8. The number of rotatable bonds is 13. The van der Waals surface area contributed by atoms with Crippen LogP contribution in [-0.2, 0) is 28.8 Å². The summed E-state index contributed by atoms with van der Waals surface area (Å²) in [4.78, 5) is 72.8. The van der Waals surface area contributed by atoms with E-state index in [0.717, 1.165) is 4.90 Å². The molecule has 4 unspecified atom stereocenters. The summed E-state index contributed by atoms with van der Waals surface area (Å²) >= 11 is 0. The van der Waals surface area contributed by atoms with Gasteiger partial charge in [-0.1, -0.05) is 13.8 Å². The number of nitrogens with zero attached hydrogens (tertiary/aromatic N) is 1. The van der Waals surface area contributed by atoms with Crippen LogP contribution in [0.25, 0.3) is 0 Å². The molecular weight excluding hydrogens is 438 g/mol. The van der Waals surface area contributed by atoms with Crippen molar-refractivity contribution in [1.82, 2.24) is 15.5 Å². The van der Waals surface area contributed by atoms with E-state index < -0.39 is 66.2 Å². The van der Waals surface area contributed by atoms with Gasteiger partial charge in [0.25, 0.3) is 0 Å². The Hall–Kier alpha value is -3.22. The molecule has 1 rings (SSSR count). The molecule has 0 aromatic rings. The molecule has 1 aliphatic heterocycles. The minimum atomic E-state index is -1.51. The Morgan fingerprint density at radius 2 is 1.64 bits per heavy atom. The third-order valence-electron chi connectivity index (χ3n) is 5.19. The van der Waals surface area contributed by atoms with E-state index in [1.165, 1.54) is 0 Å². The van der Waals surface area contributed by atoms with Crippen molar-refractivity contribution in [1.29, 1.82) is 0 Å². The van der Waals surface area contributed by atoms with Crippen molar-refractivity contribution in [2.75, 3.05) is 6.54 Å². The maximum Gasteiger partial charge on any atom is 0.326 e. The van der Waals surface area contributed by atoms with E-state index in [4.69, 9.17) is 11.5 Å². The number of carbonyl (C=O) groups is 6. The van der Waals surface area contributed by atoms with Gasteiger partial charge in [-0.25, -0.2) is 4.79 Å². The van der Waals surface area contributed by atoms with Crippen LogP contribution in [0.2, 0.25) is 0 Å². The van der Waals surface area contributed by atoms with Crippen molar-refractivity contribution in [3.63, 3.8) is 0 Å². The number of primary amides is 1. The molecule has 1 saturated heterocycles. The Balaban J connectivity index is 2.97. The molecule has 186 valence electrons. The third-order valence-corrected chi connectivity index (χ3v) is 5.19. The number of nitrogens with one attached hydrogen (secondary N) is 2. The van der Waals surface area contributed by atoms with Crippen LogP contribution in [0.4, 0.5) is 0 Å². The zero-order chi connectivity index (χ0) is 25.3. The smallest absolute Gasteiger partial charge is 0.326 e. The molecule has 13 heteroatoms. The molecule has 13 nitrogen and oxygen atoms in total. The minimum absolute atomic E-state index is 0.0250. The fourth-order valence-electron chi connectivity index (χ4n) is 3.54. The summed E-state index contributed by atoms with van der Waals surface area (Å²) in [5.41, 5.74) is 10.8. The molecule has 0 spiro atoms. The number of carboxylic acid groups (broad SMARTS) is 2. The molecule has 0 aromatic heterocycles. The highest BCUT2D eigenvalue weighted by Gasteiger charge is 2.39. The molecule has 0 bridgehead atoms. The van der Waals surface area contributed by atoms with Crippen LogP contribution in [0.1, 0.15) is 52.4 Å². The van der Waals surface area contributed by atoms with Crippen molar-refractivity contribution >= 4 is 35.6 Å². The first-order valence-electron chi connectivity index (χ1n) is 10.7. The summed E-state index contributed by atoms with van der Waals surface area (Å²) in [5, 5.41) is 23.3. The number of carbonyl (C=O) groups excluding carboxylic acids is 4. The molecule has 4 atom stereocenters. The lowest BCUT2D eigenvalue weighted by atomic mass is 10.0. The van der Waals surface area contributed by atoms with E-state index >= 15 is 0 Å². The monoisotopic (exact) mass is 471 g/mol. The van der Waals surface area contributed by atoms with Crippen LogP contribution in [0.15, 0.2) is 0 Å². The molecule has 1 heterocycles. The molecule has 0 aromatic carbocycles.